The maximum atomic E-state index is 14.0. The third kappa shape index (κ3) is 3.65. The van der Waals surface area contributed by atoms with Gasteiger partial charge in [-0.15, -0.1) is 0 Å². The maximum absolute atomic E-state index is 14.0. The van der Waals surface area contributed by atoms with Gasteiger partial charge in [0.2, 0.25) is 0 Å². The number of likely N-dealkylation sites (tertiary alicyclic amines) is 1. The number of rotatable bonds is 5. The molecule has 1 aliphatic rings. The molecule has 1 heterocycles. The number of aliphatic hydroxyl groups excluding tert-OH is 1. The SMILES string of the molecule is CCC1(CO)CCN(Cc2cc(C(=O)OC)ccc2F)CC1. The number of benzene rings is 1. The Morgan fingerprint density at radius 1 is 1.41 bits per heavy atom. The first kappa shape index (κ1) is 16.9. The highest BCUT2D eigenvalue weighted by Gasteiger charge is 2.32. The molecule has 0 aromatic heterocycles. The second-order valence-electron chi connectivity index (χ2n) is 6.09. The number of aliphatic hydroxyl groups is 1. The predicted octanol–water partition coefficient (Wildman–Crippen LogP) is 2.60. The van der Waals surface area contributed by atoms with Gasteiger partial charge in [-0.25, -0.2) is 9.18 Å². The van der Waals surface area contributed by atoms with E-state index in [1.165, 1.54) is 19.2 Å². The van der Waals surface area contributed by atoms with E-state index in [9.17, 15) is 14.3 Å². The molecule has 1 saturated heterocycles. The van der Waals surface area contributed by atoms with Crippen LogP contribution in [0.4, 0.5) is 4.39 Å². The molecule has 22 heavy (non-hydrogen) atoms. The summed E-state index contributed by atoms with van der Waals surface area (Å²) in [7, 11) is 1.31. The molecule has 1 aromatic rings. The Balaban J connectivity index is 2.04. The zero-order valence-electron chi connectivity index (χ0n) is 13.3. The van der Waals surface area contributed by atoms with Crippen LogP contribution in [-0.2, 0) is 11.3 Å². The molecule has 5 heteroatoms. The monoisotopic (exact) mass is 309 g/mol. The summed E-state index contributed by atoms with van der Waals surface area (Å²) in [4.78, 5) is 13.7. The van der Waals surface area contributed by atoms with Gasteiger partial charge < -0.3 is 9.84 Å². The van der Waals surface area contributed by atoms with E-state index < -0.39 is 5.97 Å². The largest absolute Gasteiger partial charge is 0.465 e. The van der Waals surface area contributed by atoms with Gasteiger partial charge in [-0.05, 0) is 56.0 Å². The molecule has 1 N–H and O–H groups in total. The van der Waals surface area contributed by atoms with Crippen molar-refractivity contribution >= 4 is 5.97 Å². The Hall–Kier alpha value is -1.46. The van der Waals surface area contributed by atoms with Crippen LogP contribution in [0.3, 0.4) is 0 Å². The van der Waals surface area contributed by atoms with E-state index in [0.717, 1.165) is 32.4 Å². The van der Waals surface area contributed by atoms with Crippen molar-refractivity contribution in [2.75, 3.05) is 26.8 Å². The lowest BCUT2D eigenvalue weighted by Crippen LogP contribution is -2.41. The number of esters is 1. The van der Waals surface area contributed by atoms with Crippen molar-refractivity contribution in [2.45, 2.75) is 32.7 Å². The smallest absolute Gasteiger partial charge is 0.337 e. The summed E-state index contributed by atoms with van der Waals surface area (Å²) in [5.41, 5.74) is 0.896. The van der Waals surface area contributed by atoms with E-state index in [1.54, 1.807) is 6.07 Å². The van der Waals surface area contributed by atoms with Gasteiger partial charge in [0.1, 0.15) is 5.82 Å². The first-order valence-corrected chi connectivity index (χ1v) is 7.73. The van der Waals surface area contributed by atoms with E-state index in [1.807, 2.05) is 0 Å². The lowest BCUT2D eigenvalue weighted by atomic mass is 9.77. The lowest BCUT2D eigenvalue weighted by molar-refractivity contribution is 0.0378. The molecule has 2 rings (SSSR count). The lowest BCUT2D eigenvalue weighted by Gasteiger charge is -2.40. The Morgan fingerprint density at radius 2 is 2.09 bits per heavy atom. The van der Waals surface area contributed by atoms with Crippen LogP contribution in [0.2, 0.25) is 0 Å². The van der Waals surface area contributed by atoms with Gasteiger partial charge in [-0.2, -0.15) is 0 Å². The number of ether oxygens (including phenoxy) is 1. The third-order valence-electron chi connectivity index (χ3n) is 4.86. The van der Waals surface area contributed by atoms with Crippen molar-refractivity contribution in [1.29, 1.82) is 0 Å². The van der Waals surface area contributed by atoms with Crippen molar-refractivity contribution in [3.05, 3.63) is 35.1 Å². The first-order chi connectivity index (χ1) is 10.5. The molecule has 0 unspecified atom stereocenters. The van der Waals surface area contributed by atoms with Gasteiger partial charge in [0.25, 0.3) is 0 Å². The molecule has 4 nitrogen and oxygen atoms in total. The second-order valence-corrected chi connectivity index (χ2v) is 6.09. The van der Waals surface area contributed by atoms with E-state index in [-0.39, 0.29) is 17.8 Å². The van der Waals surface area contributed by atoms with Gasteiger partial charge in [0.15, 0.2) is 0 Å². The number of halogens is 1. The second kappa shape index (κ2) is 7.20. The molecule has 1 aromatic carbocycles. The Morgan fingerprint density at radius 3 is 2.64 bits per heavy atom. The molecular weight excluding hydrogens is 285 g/mol. The number of hydrogen-bond acceptors (Lipinski definition) is 4. The van der Waals surface area contributed by atoms with Crippen molar-refractivity contribution in [1.82, 2.24) is 4.90 Å². The third-order valence-corrected chi connectivity index (χ3v) is 4.86. The highest BCUT2D eigenvalue weighted by Crippen LogP contribution is 2.34. The van der Waals surface area contributed by atoms with Gasteiger partial charge in [0, 0.05) is 18.7 Å². The summed E-state index contributed by atoms with van der Waals surface area (Å²) in [6, 6.07) is 4.32. The number of methoxy groups -OCH3 is 1. The standard InChI is InChI=1S/C17H24FNO3/c1-3-17(12-20)6-8-19(9-7-17)11-14-10-13(16(21)22-2)4-5-15(14)18/h4-5,10,20H,3,6-9,11-12H2,1-2H3. The minimum atomic E-state index is -0.454. The molecule has 0 radical (unpaired) electrons. The van der Waals surface area contributed by atoms with Gasteiger partial charge in [-0.1, -0.05) is 6.92 Å². The molecule has 0 atom stereocenters. The minimum Gasteiger partial charge on any atom is -0.465 e. The van der Waals surface area contributed by atoms with Crippen LogP contribution >= 0.6 is 0 Å². The Labute approximate surface area is 130 Å². The minimum absolute atomic E-state index is 0.0168. The number of carbonyl (C=O) groups is 1. The first-order valence-electron chi connectivity index (χ1n) is 7.73. The average molecular weight is 309 g/mol. The summed E-state index contributed by atoms with van der Waals surface area (Å²) in [5.74, 6) is -0.757. The van der Waals surface area contributed by atoms with E-state index >= 15 is 0 Å². The maximum Gasteiger partial charge on any atom is 0.337 e. The molecule has 0 aliphatic carbocycles. The average Bonchev–Trinajstić information content (AvgIpc) is 2.57. The van der Waals surface area contributed by atoms with Crippen LogP contribution in [-0.4, -0.2) is 42.8 Å². The topological polar surface area (TPSA) is 49.8 Å². The summed E-state index contributed by atoms with van der Waals surface area (Å²) in [6.45, 7) is 4.45. The summed E-state index contributed by atoms with van der Waals surface area (Å²) in [6.07, 6.45) is 2.79. The van der Waals surface area contributed by atoms with Gasteiger partial charge in [-0.3, -0.25) is 4.90 Å². The van der Waals surface area contributed by atoms with Crippen LogP contribution in [0.25, 0.3) is 0 Å². The van der Waals surface area contributed by atoms with Gasteiger partial charge >= 0.3 is 5.97 Å². The molecule has 0 spiro atoms. The zero-order valence-corrected chi connectivity index (χ0v) is 13.3. The predicted molar refractivity (Wildman–Crippen MR) is 82.1 cm³/mol. The van der Waals surface area contributed by atoms with Crippen molar-refractivity contribution in [3.8, 4) is 0 Å². The number of piperidine rings is 1. The molecule has 122 valence electrons. The van der Waals surface area contributed by atoms with Gasteiger partial charge in [0.05, 0.1) is 12.7 Å². The Kier molecular flexibility index (Phi) is 5.53. The quantitative estimate of drug-likeness (QED) is 0.850. The van der Waals surface area contributed by atoms with Crippen molar-refractivity contribution in [2.24, 2.45) is 5.41 Å². The number of hydrogen-bond donors (Lipinski definition) is 1. The highest BCUT2D eigenvalue weighted by molar-refractivity contribution is 5.89. The Bertz CT molecular complexity index is 519. The van der Waals surface area contributed by atoms with E-state index in [4.69, 9.17) is 0 Å². The molecule has 0 bridgehead atoms. The molecular formula is C17H24FNO3. The summed E-state index contributed by atoms with van der Waals surface area (Å²) in [5, 5.41) is 9.56. The van der Waals surface area contributed by atoms with Crippen molar-refractivity contribution < 1.29 is 19.0 Å². The molecule has 0 amide bonds. The van der Waals surface area contributed by atoms with Crippen LogP contribution in [0.5, 0.6) is 0 Å². The number of nitrogens with zero attached hydrogens (tertiary/aromatic N) is 1. The zero-order chi connectivity index (χ0) is 16.2. The van der Waals surface area contributed by atoms with E-state index in [2.05, 4.69) is 16.6 Å². The fraction of sp³-hybridized carbons (Fsp3) is 0.588. The van der Waals surface area contributed by atoms with Crippen LogP contribution in [0, 0.1) is 11.2 Å². The van der Waals surface area contributed by atoms with Crippen LogP contribution in [0.15, 0.2) is 18.2 Å². The van der Waals surface area contributed by atoms with Crippen LogP contribution in [0.1, 0.15) is 42.1 Å². The fourth-order valence-electron chi connectivity index (χ4n) is 2.99. The highest BCUT2D eigenvalue weighted by atomic mass is 19.1. The summed E-state index contributed by atoms with van der Waals surface area (Å²) >= 11 is 0. The fourth-order valence-corrected chi connectivity index (χ4v) is 2.99. The van der Waals surface area contributed by atoms with Crippen LogP contribution < -0.4 is 0 Å². The molecule has 0 saturated carbocycles. The van der Waals surface area contributed by atoms with E-state index in [0.29, 0.717) is 17.7 Å². The van der Waals surface area contributed by atoms with Crippen molar-refractivity contribution in [3.63, 3.8) is 0 Å². The molecule has 1 aliphatic heterocycles. The number of carbonyl (C=O) groups excluding carboxylic acids is 1. The molecule has 1 fully saturated rings. The summed E-state index contributed by atoms with van der Waals surface area (Å²) < 4.78 is 18.6. The normalized spacial score (nSPS) is 18.2.